The first kappa shape index (κ1) is 22.7. The van der Waals surface area contributed by atoms with Crippen molar-refractivity contribution in [3.05, 3.63) is 77.7 Å². The Labute approximate surface area is 209 Å². The van der Waals surface area contributed by atoms with Crippen LogP contribution in [0, 0.1) is 0 Å². The Morgan fingerprint density at radius 2 is 1.83 bits per heavy atom. The molecule has 9 heteroatoms. The molecule has 4 N–H and O–H groups in total. The maximum absolute atomic E-state index is 13.1. The minimum absolute atomic E-state index is 0.000164. The third-order valence-corrected chi connectivity index (χ3v) is 9.39. The molecular weight excluding hydrogens is 474 g/mol. The van der Waals surface area contributed by atoms with E-state index in [4.69, 9.17) is 5.73 Å². The molecule has 1 saturated heterocycles. The van der Waals surface area contributed by atoms with Gasteiger partial charge in [-0.3, -0.25) is 4.79 Å². The summed E-state index contributed by atoms with van der Waals surface area (Å²) in [4.78, 5) is 25.7. The zero-order valence-corrected chi connectivity index (χ0v) is 20.5. The summed E-state index contributed by atoms with van der Waals surface area (Å²) in [7, 11) is -3.07. The van der Waals surface area contributed by atoms with Gasteiger partial charge in [-0.2, -0.15) is 0 Å². The van der Waals surface area contributed by atoms with Gasteiger partial charge >= 0.3 is 0 Å². The molecule has 1 aliphatic carbocycles. The molecule has 2 aromatic carbocycles. The lowest BCUT2D eigenvalue weighted by molar-refractivity contribution is 0.0942. The number of anilines is 1. The first-order valence-corrected chi connectivity index (χ1v) is 14.0. The van der Waals surface area contributed by atoms with E-state index in [0.717, 1.165) is 46.9 Å². The molecule has 2 fully saturated rings. The summed E-state index contributed by atoms with van der Waals surface area (Å²) < 4.78 is 23.6. The maximum Gasteiger partial charge on any atom is 0.253 e. The Hall–Kier alpha value is -3.72. The zero-order chi connectivity index (χ0) is 24.9. The van der Waals surface area contributed by atoms with Crippen LogP contribution in [0.1, 0.15) is 47.2 Å². The van der Waals surface area contributed by atoms with Crippen molar-refractivity contribution < 1.29 is 13.2 Å². The largest absolute Gasteiger partial charge is 0.399 e. The number of fused-ring (bicyclic) bond motifs is 1. The standard InChI is InChI=1S/C27H27N5O3S/c28-19-7-5-17(6-8-19)25-30-13-18(14-31-25)27(10-2-11-27)23-15-29-24-21(23)3-1-4-22(24)26(33)32-20-9-12-36(34,35)16-20/h1,3-8,13-15,20,29H,2,9-12,16,28H2,(H,32,33). The minimum atomic E-state index is -3.07. The molecule has 0 spiro atoms. The number of amides is 1. The number of para-hydroxylation sites is 1. The molecule has 8 nitrogen and oxygen atoms in total. The summed E-state index contributed by atoms with van der Waals surface area (Å²) >= 11 is 0. The number of aromatic amines is 1. The highest BCUT2D eigenvalue weighted by atomic mass is 32.2. The predicted octanol–water partition coefficient (Wildman–Crippen LogP) is 3.59. The fourth-order valence-corrected chi connectivity index (χ4v) is 7.19. The quantitative estimate of drug-likeness (QED) is 0.358. The number of hydrogen-bond acceptors (Lipinski definition) is 6. The summed E-state index contributed by atoms with van der Waals surface area (Å²) in [6, 6.07) is 12.8. The van der Waals surface area contributed by atoms with Crippen LogP contribution >= 0.6 is 0 Å². The van der Waals surface area contributed by atoms with Crippen LogP contribution in [0.25, 0.3) is 22.3 Å². The van der Waals surface area contributed by atoms with E-state index in [1.54, 1.807) is 6.07 Å². The number of rotatable bonds is 5. The van der Waals surface area contributed by atoms with Crippen LogP contribution in [0.4, 0.5) is 5.69 Å². The summed E-state index contributed by atoms with van der Waals surface area (Å²) in [6.45, 7) is 0. The first-order valence-electron chi connectivity index (χ1n) is 12.1. The molecule has 1 atom stereocenters. The van der Waals surface area contributed by atoms with E-state index in [9.17, 15) is 13.2 Å². The van der Waals surface area contributed by atoms with E-state index in [1.165, 1.54) is 0 Å². The number of aromatic nitrogens is 3. The number of nitrogen functional groups attached to an aromatic ring is 1. The maximum atomic E-state index is 13.1. The molecule has 0 radical (unpaired) electrons. The van der Waals surface area contributed by atoms with Gasteiger partial charge in [0.2, 0.25) is 0 Å². The summed E-state index contributed by atoms with van der Waals surface area (Å²) in [6.07, 6.45) is 9.32. The van der Waals surface area contributed by atoms with Crippen LogP contribution in [-0.4, -0.2) is 46.8 Å². The Morgan fingerprint density at radius 1 is 1.08 bits per heavy atom. The molecule has 1 unspecified atom stereocenters. The zero-order valence-electron chi connectivity index (χ0n) is 19.7. The molecule has 1 amide bonds. The van der Waals surface area contributed by atoms with E-state index in [2.05, 4.69) is 20.3 Å². The molecule has 6 rings (SSSR count). The highest BCUT2D eigenvalue weighted by Gasteiger charge is 2.43. The van der Waals surface area contributed by atoms with Crippen molar-refractivity contribution in [2.45, 2.75) is 37.1 Å². The molecule has 2 aliphatic rings. The van der Waals surface area contributed by atoms with Gasteiger partial charge in [0.15, 0.2) is 15.7 Å². The normalized spacial score (nSPS) is 20.2. The average molecular weight is 502 g/mol. The molecule has 4 aromatic rings. The SMILES string of the molecule is Nc1ccc(-c2ncc(C3(c4c[nH]c5c(C(=O)NC6CCS(=O)(=O)C6)cccc45)CCC3)cn2)cc1. The Morgan fingerprint density at radius 3 is 2.47 bits per heavy atom. The number of sulfone groups is 1. The Kier molecular flexibility index (Phi) is 5.33. The second kappa shape index (κ2) is 8.44. The average Bonchev–Trinajstić information content (AvgIpc) is 3.42. The second-order valence-corrected chi connectivity index (χ2v) is 12.1. The van der Waals surface area contributed by atoms with E-state index in [-0.39, 0.29) is 28.9 Å². The number of benzene rings is 2. The Bertz CT molecular complexity index is 1560. The van der Waals surface area contributed by atoms with Gasteiger partial charge in [-0.05, 0) is 60.7 Å². The lowest BCUT2D eigenvalue weighted by Crippen LogP contribution is -2.36. The topological polar surface area (TPSA) is 131 Å². The molecule has 1 aliphatic heterocycles. The molecule has 184 valence electrons. The van der Waals surface area contributed by atoms with Crippen LogP contribution < -0.4 is 11.1 Å². The highest BCUT2D eigenvalue weighted by Crippen LogP contribution is 2.51. The summed E-state index contributed by atoms with van der Waals surface area (Å²) in [5.41, 5.74) is 10.7. The number of nitrogens with two attached hydrogens (primary N) is 1. The van der Waals surface area contributed by atoms with Gasteiger partial charge in [0.1, 0.15) is 0 Å². The number of nitrogens with one attached hydrogen (secondary N) is 2. The fourth-order valence-electron chi connectivity index (χ4n) is 5.51. The predicted molar refractivity (Wildman–Crippen MR) is 139 cm³/mol. The number of H-pyrrole nitrogens is 1. The van der Waals surface area contributed by atoms with E-state index >= 15 is 0 Å². The van der Waals surface area contributed by atoms with Crippen molar-refractivity contribution in [2.75, 3.05) is 17.2 Å². The molecular formula is C27H27N5O3S. The van der Waals surface area contributed by atoms with Gasteiger partial charge < -0.3 is 16.0 Å². The van der Waals surface area contributed by atoms with Gasteiger partial charge in [-0.15, -0.1) is 0 Å². The van der Waals surface area contributed by atoms with Crippen molar-refractivity contribution in [1.29, 1.82) is 0 Å². The van der Waals surface area contributed by atoms with Crippen molar-refractivity contribution in [3.63, 3.8) is 0 Å². The van der Waals surface area contributed by atoms with E-state index < -0.39 is 9.84 Å². The Balaban J connectivity index is 1.32. The number of carbonyl (C=O) groups excluding carboxylic acids is 1. The molecule has 3 heterocycles. The fraction of sp³-hybridized carbons (Fsp3) is 0.296. The van der Waals surface area contributed by atoms with Crippen LogP contribution in [0.3, 0.4) is 0 Å². The van der Waals surface area contributed by atoms with E-state index in [1.807, 2.05) is 55.0 Å². The molecule has 0 bridgehead atoms. The molecule has 2 aromatic heterocycles. The summed E-state index contributed by atoms with van der Waals surface area (Å²) in [5.74, 6) is 0.520. The van der Waals surface area contributed by atoms with Gasteiger partial charge in [0, 0.05) is 46.7 Å². The van der Waals surface area contributed by atoms with Crippen LogP contribution in [-0.2, 0) is 15.3 Å². The van der Waals surface area contributed by atoms with Gasteiger partial charge in [0.05, 0.1) is 22.6 Å². The minimum Gasteiger partial charge on any atom is -0.399 e. The number of nitrogens with zero attached hydrogens (tertiary/aromatic N) is 2. The summed E-state index contributed by atoms with van der Waals surface area (Å²) in [5, 5.41) is 3.90. The smallest absolute Gasteiger partial charge is 0.253 e. The van der Waals surface area contributed by atoms with Crippen LogP contribution in [0.15, 0.2) is 61.1 Å². The third kappa shape index (κ3) is 3.83. The van der Waals surface area contributed by atoms with Crippen molar-refractivity contribution in [2.24, 2.45) is 0 Å². The molecule has 1 saturated carbocycles. The molecule has 36 heavy (non-hydrogen) atoms. The lowest BCUT2D eigenvalue weighted by Gasteiger charge is -2.42. The van der Waals surface area contributed by atoms with Crippen molar-refractivity contribution in [1.82, 2.24) is 20.3 Å². The second-order valence-electron chi connectivity index (χ2n) is 9.86. The van der Waals surface area contributed by atoms with Crippen LogP contribution in [0.5, 0.6) is 0 Å². The lowest BCUT2D eigenvalue weighted by atomic mass is 9.61. The highest BCUT2D eigenvalue weighted by molar-refractivity contribution is 7.91. The van der Waals surface area contributed by atoms with Crippen molar-refractivity contribution in [3.8, 4) is 11.4 Å². The first-order chi connectivity index (χ1) is 17.3. The third-order valence-electron chi connectivity index (χ3n) is 7.62. The van der Waals surface area contributed by atoms with Gasteiger partial charge in [-0.1, -0.05) is 18.6 Å². The monoisotopic (exact) mass is 501 g/mol. The van der Waals surface area contributed by atoms with Crippen molar-refractivity contribution >= 4 is 32.3 Å². The number of hydrogen-bond donors (Lipinski definition) is 3. The van der Waals surface area contributed by atoms with Gasteiger partial charge in [0.25, 0.3) is 5.91 Å². The van der Waals surface area contributed by atoms with E-state index in [0.29, 0.717) is 23.5 Å². The van der Waals surface area contributed by atoms with Gasteiger partial charge in [-0.25, -0.2) is 18.4 Å². The number of carbonyl (C=O) groups is 1. The van der Waals surface area contributed by atoms with Crippen LogP contribution in [0.2, 0.25) is 0 Å².